The van der Waals surface area contributed by atoms with Crippen LogP contribution in [0.5, 0.6) is 11.5 Å². The lowest BCUT2D eigenvalue weighted by molar-refractivity contribution is 0.174. The van der Waals surface area contributed by atoms with Crippen LogP contribution in [0.15, 0.2) is 30.6 Å². The molecule has 2 N–H and O–H groups in total. The highest BCUT2D eigenvalue weighted by Crippen LogP contribution is 2.34. The molecular formula is C18H24N4O2. The zero-order valence-electron chi connectivity index (χ0n) is 14.4. The Morgan fingerprint density at radius 2 is 2.04 bits per heavy atom. The molecular weight excluding hydrogens is 304 g/mol. The van der Waals surface area contributed by atoms with E-state index in [2.05, 4.69) is 47.2 Å². The van der Waals surface area contributed by atoms with E-state index in [0.29, 0.717) is 12.8 Å². The van der Waals surface area contributed by atoms with Gasteiger partial charge in [0.15, 0.2) is 11.5 Å². The van der Waals surface area contributed by atoms with E-state index in [1.165, 1.54) is 5.56 Å². The summed E-state index contributed by atoms with van der Waals surface area (Å²) in [4.78, 5) is 4.59. The maximum absolute atomic E-state index is 5.47. The number of fused-ring (bicyclic) bond motifs is 1. The molecule has 128 valence electrons. The first-order chi connectivity index (χ1) is 11.5. The Morgan fingerprint density at radius 1 is 1.21 bits per heavy atom. The van der Waals surface area contributed by atoms with Gasteiger partial charge in [-0.1, -0.05) is 26.8 Å². The van der Waals surface area contributed by atoms with E-state index in [-0.39, 0.29) is 11.5 Å². The fourth-order valence-electron chi connectivity index (χ4n) is 3.30. The van der Waals surface area contributed by atoms with Gasteiger partial charge in [0.05, 0.1) is 6.04 Å². The average molecular weight is 328 g/mol. The van der Waals surface area contributed by atoms with E-state index in [1.54, 1.807) is 0 Å². The van der Waals surface area contributed by atoms with Gasteiger partial charge in [-0.3, -0.25) is 5.43 Å². The molecule has 0 saturated carbocycles. The van der Waals surface area contributed by atoms with Crippen molar-refractivity contribution in [3.63, 3.8) is 0 Å². The number of ether oxygens (including phenoxy) is 2. The van der Waals surface area contributed by atoms with Crippen LogP contribution < -0.4 is 20.3 Å². The van der Waals surface area contributed by atoms with Crippen molar-refractivity contribution < 1.29 is 9.47 Å². The van der Waals surface area contributed by atoms with E-state index in [9.17, 15) is 0 Å². The van der Waals surface area contributed by atoms with Crippen molar-refractivity contribution in [2.45, 2.75) is 45.8 Å². The summed E-state index contributed by atoms with van der Waals surface area (Å²) in [5.41, 5.74) is 8.22. The van der Waals surface area contributed by atoms with Crippen LogP contribution >= 0.6 is 0 Å². The summed E-state index contributed by atoms with van der Waals surface area (Å²) >= 11 is 0. The molecule has 1 saturated heterocycles. The van der Waals surface area contributed by atoms with Gasteiger partial charge in [-0.15, -0.1) is 0 Å². The van der Waals surface area contributed by atoms with E-state index < -0.39 is 0 Å². The fourth-order valence-corrected chi connectivity index (χ4v) is 3.30. The van der Waals surface area contributed by atoms with E-state index in [4.69, 9.17) is 9.47 Å². The van der Waals surface area contributed by atoms with Gasteiger partial charge in [-0.05, 0) is 29.5 Å². The highest BCUT2D eigenvalue weighted by atomic mass is 16.7. The molecule has 6 heteroatoms. The highest BCUT2D eigenvalue weighted by molar-refractivity contribution is 5.44. The lowest BCUT2D eigenvalue weighted by Gasteiger charge is -2.26. The van der Waals surface area contributed by atoms with Gasteiger partial charge in [-0.25, -0.2) is 10.4 Å². The van der Waals surface area contributed by atoms with Crippen LogP contribution in [0.4, 0.5) is 0 Å². The number of nitrogens with one attached hydrogen (secondary N) is 2. The summed E-state index contributed by atoms with van der Waals surface area (Å²) in [5, 5.41) is 0. The second kappa shape index (κ2) is 5.79. The Morgan fingerprint density at radius 3 is 2.83 bits per heavy atom. The second-order valence-corrected chi connectivity index (χ2v) is 7.60. The molecule has 4 rings (SSSR count). The Hall–Kier alpha value is -2.05. The van der Waals surface area contributed by atoms with Gasteiger partial charge in [-0.2, -0.15) is 0 Å². The number of hydrogen-bond acceptors (Lipinski definition) is 5. The van der Waals surface area contributed by atoms with Gasteiger partial charge in [0, 0.05) is 25.0 Å². The van der Waals surface area contributed by atoms with Gasteiger partial charge in [0.2, 0.25) is 6.79 Å². The molecule has 1 aromatic carbocycles. The standard InChI is InChI=1S/C18H24N4O2/c1-18(2,3)16-9-13(20-21-16)17-19-6-7-22(17)10-12-4-5-14-15(8-12)24-11-23-14/h4-8,13,16,20-21H,9-11H2,1-3H3. The van der Waals surface area contributed by atoms with Crippen molar-refractivity contribution in [1.29, 1.82) is 0 Å². The van der Waals surface area contributed by atoms with Crippen molar-refractivity contribution >= 4 is 0 Å². The third-order valence-electron chi connectivity index (χ3n) is 4.80. The molecule has 6 nitrogen and oxygen atoms in total. The van der Waals surface area contributed by atoms with Gasteiger partial charge in [0.25, 0.3) is 0 Å². The highest BCUT2D eigenvalue weighted by Gasteiger charge is 2.34. The van der Waals surface area contributed by atoms with Gasteiger partial charge in [0.1, 0.15) is 5.82 Å². The number of hydrogen-bond donors (Lipinski definition) is 2. The zero-order chi connectivity index (χ0) is 16.7. The quantitative estimate of drug-likeness (QED) is 0.907. The molecule has 2 atom stereocenters. The second-order valence-electron chi connectivity index (χ2n) is 7.60. The van der Waals surface area contributed by atoms with Crippen molar-refractivity contribution in [3.8, 4) is 11.5 Å². The number of nitrogens with zero attached hydrogens (tertiary/aromatic N) is 2. The molecule has 2 aliphatic heterocycles. The van der Waals surface area contributed by atoms with Crippen molar-refractivity contribution in [2.75, 3.05) is 6.79 Å². The summed E-state index contributed by atoms with van der Waals surface area (Å²) < 4.78 is 13.0. The Bertz CT molecular complexity index is 735. The van der Waals surface area contributed by atoms with Gasteiger partial charge < -0.3 is 14.0 Å². The number of aromatic nitrogens is 2. The maximum atomic E-state index is 5.47. The first-order valence-electron chi connectivity index (χ1n) is 8.41. The van der Waals surface area contributed by atoms with E-state index in [1.807, 2.05) is 24.5 Å². The lowest BCUT2D eigenvalue weighted by atomic mass is 9.84. The van der Waals surface area contributed by atoms with Crippen molar-refractivity contribution in [3.05, 3.63) is 42.0 Å². The van der Waals surface area contributed by atoms with Crippen molar-refractivity contribution in [1.82, 2.24) is 20.4 Å². The summed E-state index contributed by atoms with van der Waals surface area (Å²) in [7, 11) is 0. The first-order valence-corrected chi connectivity index (χ1v) is 8.41. The van der Waals surface area contributed by atoms with Crippen LogP contribution in [0.25, 0.3) is 0 Å². The molecule has 1 aromatic heterocycles. The van der Waals surface area contributed by atoms with Crippen LogP contribution in [-0.2, 0) is 6.54 Å². The van der Waals surface area contributed by atoms with E-state index >= 15 is 0 Å². The molecule has 0 spiro atoms. The molecule has 0 radical (unpaired) electrons. The van der Waals surface area contributed by atoms with Crippen LogP contribution in [0.3, 0.4) is 0 Å². The van der Waals surface area contributed by atoms with Crippen LogP contribution in [0.1, 0.15) is 44.6 Å². The summed E-state index contributed by atoms with van der Waals surface area (Å²) in [6.07, 6.45) is 4.93. The first kappa shape index (κ1) is 15.5. The molecule has 0 bridgehead atoms. The number of hydrazine groups is 1. The average Bonchev–Trinajstić information content (AvgIpc) is 3.26. The summed E-state index contributed by atoms with van der Waals surface area (Å²) in [6, 6.07) is 6.75. The zero-order valence-corrected chi connectivity index (χ0v) is 14.4. The minimum atomic E-state index is 0.219. The lowest BCUT2D eigenvalue weighted by Crippen LogP contribution is -2.39. The molecule has 24 heavy (non-hydrogen) atoms. The SMILES string of the molecule is CC(C)(C)C1CC(c2nccn2Cc2ccc3c(c2)OCO3)NN1. The summed E-state index contributed by atoms with van der Waals surface area (Å²) in [6.45, 7) is 7.85. The monoisotopic (exact) mass is 328 g/mol. The third-order valence-corrected chi connectivity index (χ3v) is 4.80. The smallest absolute Gasteiger partial charge is 0.231 e. The minimum Gasteiger partial charge on any atom is -0.454 e. The fraction of sp³-hybridized carbons (Fsp3) is 0.500. The number of rotatable bonds is 3. The van der Waals surface area contributed by atoms with E-state index in [0.717, 1.165) is 30.3 Å². The largest absolute Gasteiger partial charge is 0.454 e. The molecule has 2 aromatic rings. The van der Waals surface area contributed by atoms with Crippen LogP contribution in [-0.4, -0.2) is 22.4 Å². The molecule has 1 fully saturated rings. The predicted molar refractivity (Wildman–Crippen MR) is 90.8 cm³/mol. The molecule has 0 amide bonds. The maximum Gasteiger partial charge on any atom is 0.231 e. The molecule has 3 heterocycles. The Balaban J connectivity index is 1.51. The third kappa shape index (κ3) is 2.87. The predicted octanol–water partition coefficient (Wildman–Crippen LogP) is 2.61. The van der Waals surface area contributed by atoms with Crippen LogP contribution in [0, 0.1) is 5.41 Å². The topological polar surface area (TPSA) is 60.3 Å². The Kier molecular flexibility index (Phi) is 3.73. The number of benzene rings is 1. The minimum absolute atomic E-state index is 0.219. The summed E-state index contributed by atoms with van der Waals surface area (Å²) in [5.74, 6) is 2.70. The number of imidazole rings is 1. The van der Waals surface area contributed by atoms with Crippen molar-refractivity contribution in [2.24, 2.45) is 5.41 Å². The Labute approximate surface area is 142 Å². The molecule has 2 unspecified atom stereocenters. The van der Waals surface area contributed by atoms with Gasteiger partial charge >= 0.3 is 0 Å². The molecule has 2 aliphatic rings. The normalized spacial score (nSPS) is 23.0. The van der Waals surface area contributed by atoms with Crippen LogP contribution in [0.2, 0.25) is 0 Å². The molecule has 0 aliphatic carbocycles.